The first-order valence-electron chi connectivity index (χ1n) is 10.1. The number of carbonyl (C=O) groups excluding carboxylic acids is 1. The molecule has 0 radical (unpaired) electrons. The average molecular weight is 363 g/mol. The number of nitrogens with one attached hydrogen (secondary N) is 1. The third-order valence-electron chi connectivity index (χ3n) is 7.31. The van der Waals surface area contributed by atoms with Crippen LogP contribution in [0.1, 0.15) is 49.7 Å². The van der Waals surface area contributed by atoms with Crippen LogP contribution in [0.5, 0.6) is 0 Å². The van der Waals surface area contributed by atoms with Crippen molar-refractivity contribution in [3.8, 4) is 0 Å². The first-order chi connectivity index (χ1) is 13.0. The van der Waals surface area contributed by atoms with Crippen LogP contribution >= 0.6 is 0 Å². The summed E-state index contributed by atoms with van der Waals surface area (Å²) in [4.78, 5) is 13.4. The van der Waals surface area contributed by atoms with Gasteiger partial charge in [-0.2, -0.15) is 0 Å². The van der Waals surface area contributed by atoms with E-state index in [2.05, 4.69) is 36.5 Å². The highest BCUT2D eigenvalue weighted by Gasteiger charge is 2.60. The molecule has 2 aromatic rings. The molecular formula is C24H26FNO. The van der Waals surface area contributed by atoms with Gasteiger partial charge in [-0.1, -0.05) is 29.8 Å². The number of halogens is 1. The molecule has 140 valence electrons. The Morgan fingerprint density at radius 2 is 1.59 bits per heavy atom. The second-order valence-corrected chi connectivity index (χ2v) is 9.35. The summed E-state index contributed by atoms with van der Waals surface area (Å²) in [7, 11) is 0. The van der Waals surface area contributed by atoms with E-state index in [0.29, 0.717) is 17.5 Å². The lowest BCUT2D eigenvalue weighted by Crippen LogP contribution is -2.57. The molecule has 2 unspecified atom stereocenters. The maximum atomic E-state index is 13.4. The van der Waals surface area contributed by atoms with Gasteiger partial charge in [-0.15, -0.1) is 0 Å². The van der Waals surface area contributed by atoms with Crippen LogP contribution in [0, 0.1) is 30.0 Å². The van der Waals surface area contributed by atoms with Crippen LogP contribution < -0.4 is 5.32 Å². The van der Waals surface area contributed by atoms with Gasteiger partial charge in [-0.25, -0.2) is 4.39 Å². The maximum Gasteiger partial charge on any atom is 0.230 e. The Labute approximate surface area is 160 Å². The van der Waals surface area contributed by atoms with Crippen LogP contribution in [0.4, 0.5) is 10.1 Å². The molecule has 4 aliphatic rings. The topological polar surface area (TPSA) is 29.1 Å². The predicted molar refractivity (Wildman–Crippen MR) is 105 cm³/mol. The molecule has 2 atom stereocenters. The van der Waals surface area contributed by atoms with Gasteiger partial charge in [0.15, 0.2) is 0 Å². The molecule has 4 saturated carbocycles. The zero-order valence-electron chi connectivity index (χ0n) is 15.8. The molecule has 1 amide bonds. The molecule has 4 bridgehead atoms. The highest BCUT2D eigenvalue weighted by molar-refractivity contribution is 5.95. The number of hydrogen-bond donors (Lipinski definition) is 1. The van der Waals surface area contributed by atoms with Crippen molar-refractivity contribution in [2.45, 2.75) is 50.9 Å². The van der Waals surface area contributed by atoms with Gasteiger partial charge in [-0.05, 0) is 92.5 Å². The summed E-state index contributed by atoms with van der Waals surface area (Å²) in [5.41, 5.74) is 3.27. The molecule has 27 heavy (non-hydrogen) atoms. The number of carbonyl (C=O) groups is 1. The largest absolute Gasteiger partial charge is 0.326 e. The van der Waals surface area contributed by atoms with Gasteiger partial charge in [0.05, 0.1) is 5.41 Å². The van der Waals surface area contributed by atoms with Gasteiger partial charge < -0.3 is 5.32 Å². The summed E-state index contributed by atoms with van der Waals surface area (Å²) < 4.78 is 13.2. The summed E-state index contributed by atoms with van der Waals surface area (Å²) in [5, 5.41) is 3.10. The van der Waals surface area contributed by atoms with Gasteiger partial charge in [-0.3, -0.25) is 4.79 Å². The molecule has 0 saturated heterocycles. The van der Waals surface area contributed by atoms with Crippen molar-refractivity contribution < 1.29 is 9.18 Å². The fraction of sp³-hybridized carbons (Fsp3) is 0.458. The molecule has 0 aromatic heterocycles. The quantitative estimate of drug-likeness (QED) is 0.754. The minimum atomic E-state index is -0.277. The lowest BCUT2D eigenvalue weighted by molar-refractivity contribution is -0.143. The molecular weight excluding hydrogens is 337 g/mol. The standard InChI is InChI=1S/C24H26FNO/c1-16-2-4-19(5-3-16)23-11-17-10-18(12-23)14-24(13-17,15-23)22(27)26-21-8-6-20(25)7-9-21/h2-9,17-18H,10-15H2,1H3,(H,26,27). The highest BCUT2D eigenvalue weighted by atomic mass is 19.1. The van der Waals surface area contributed by atoms with Gasteiger partial charge in [0.25, 0.3) is 0 Å². The Hall–Kier alpha value is -2.16. The second kappa shape index (κ2) is 5.92. The highest BCUT2D eigenvalue weighted by Crippen LogP contribution is 2.66. The number of rotatable bonds is 3. The van der Waals surface area contributed by atoms with E-state index in [1.807, 2.05) is 0 Å². The molecule has 1 N–H and O–H groups in total. The van der Waals surface area contributed by atoms with E-state index in [1.54, 1.807) is 12.1 Å². The summed E-state index contributed by atoms with van der Waals surface area (Å²) >= 11 is 0. The third-order valence-corrected chi connectivity index (χ3v) is 7.31. The molecule has 0 heterocycles. The van der Waals surface area contributed by atoms with Crippen LogP contribution in [0.25, 0.3) is 0 Å². The Kier molecular flexibility index (Phi) is 3.72. The molecule has 2 aromatic carbocycles. The fourth-order valence-corrected chi connectivity index (χ4v) is 6.57. The zero-order valence-corrected chi connectivity index (χ0v) is 15.8. The molecule has 4 fully saturated rings. The summed E-state index contributed by atoms with van der Waals surface area (Å²) in [6, 6.07) is 15.1. The molecule has 3 heteroatoms. The number of hydrogen-bond acceptors (Lipinski definition) is 1. The van der Waals surface area contributed by atoms with E-state index in [0.717, 1.165) is 19.3 Å². The number of amides is 1. The first-order valence-corrected chi connectivity index (χ1v) is 10.1. The Bertz CT molecular complexity index is 856. The van der Waals surface area contributed by atoms with Crippen LogP contribution in [0.2, 0.25) is 0 Å². The average Bonchev–Trinajstić information content (AvgIpc) is 2.63. The first kappa shape index (κ1) is 17.0. The summed E-state index contributed by atoms with van der Waals surface area (Å²) in [6.45, 7) is 2.13. The second-order valence-electron chi connectivity index (χ2n) is 9.35. The lowest BCUT2D eigenvalue weighted by atomic mass is 9.42. The monoisotopic (exact) mass is 363 g/mol. The molecule has 0 aliphatic heterocycles. The van der Waals surface area contributed by atoms with E-state index in [-0.39, 0.29) is 22.6 Å². The predicted octanol–water partition coefficient (Wildman–Crippen LogP) is 5.61. The van der Waals surface area contributed by atoms with Crippen molar-refractivity contribution >= 4 is 11.6 Å². The van der Waals surface area contributed by atoms with Crippen molar-refractivity contribution in [3.05, 3.63) is 65.5 Å². The maximum absolute atomic E-state index is 13.4. The van der Waals surface area contributed by atoms with Gasteiger partial charge in [0.2, 0.25) is 5.91 Å². The smallest absolute Gasteiger partial charge is 0.230 e. The van der Waals surface area contributed by atoms with Crippen LogP contribution in [0.3, 0.4) is 0 Å². The van der Waals surface area contributed by atoms with Gasteiger partial charge in [0.1, 0.15) is 5.82 Å². The zero-order chi connectivity index (χ0) is 18.6. The van der Waals surface area contributed by atoms with E-state index in [1.165, 1.54) is 42.5 Å². The molecule has 6 rings (SSSR count). The summed E-state index contributed by atoms with van der Waals surface area (Å²) in [6.07, 6.45) is 6.67. The van der Waals surface area contributed by atoms with Crippen LogP contribution in [-0.4, -0.2) is 5.91 Å². The molecule has 2 nitrogen and oxygen atoms in total. The van der Waals surface area contributed by atoms with E-state index < -0.39 is 0 Å². The van der Waals surface area contributed by atoms with Crippen LogP contribution in [0.15, 0.2) is 48.5 Å². The normalized spacial score (nSPS) is 33.9. The minimum Gasteiger partial charge on any atom is -0.326 e. The van der Waals surface area contributed by atoms with E-state index in [9.17, 15) is 9.18 Å². The Morgan fingerprint density at radius 1 is 0.963 bits per heavy atom. The fourth-order valence-electron chi connectivity index (χ4n) is 6.57. The van der Waals surface area contributed by atoms with Crippen molar-refractivity contribution in [1.29, 1.82) is 0 Å². The van der Waals surface area contributed by atoms with Gasteiger partial charge >= 0.3 is 0 Å². The number of anilines is 1. The Morgan fingerprint density at radius 3 is 2.22 bits per heavy atom. The molecule has 4 aliphatic carbocycles. The molecule has 0 spiro atoms. The lowest BCUT2D eigenvalue weighted by Gasteiger charge is -2.61. The van der Waals surface area contributed by atoms with Gasteiger partial charge in [0, 0.05) is 5.69 Å². The van der Waals surface area contributed by atoms with Crippen molar-refractivity contribution in [2.75, 3.05) is 5.32 Å². The van der Waals surface area contributed by atoms with Crippen LogP contribution in [-0.2, 0) is 10.2 Å². The third kappa shape index (κ3) is 2.79. The number of aryl methyl sites for hydroxylation is 1. The van der Waals surface area contributed by atoms with Crippen molar-refractivity contribution in [3.63, 3.8) is 0 Å². The van der Waals surface area contributed by atoms with E-state index >= 15 is 0 Å². The van der Waals surface area contributed by atoms with Crippen molar-refractivity contribution in [2.24, 2.45) is 17.3 Å². The van der Waals surface area contributed by atoms with E-state index in [4.69, 9.17) is 0 Å². The van der Waals surface area contributed by atoms with Crippen molar-refractivity contribution in [1.82, 2.24) is 0 Å². The summed E-state index contributed by atoms with van der Waals surface area (Å²) in [5.74, 6) is 1.15. The minimum absolute atomic E-state index is 0.139. The Balaban J connectivity index is 1.46. The number of benzene rings is 2. The SMILES string of the molecule is Cc1ccc(C23CC4CC(CC(C(=O)Nc5ccc(F)cc5)(C4)C2)C3)cc1.